The summed E-state index contributed by atoms with van der Waals surface area (Å²) in [7, 11) is 0. The lowest BCUT2D eigenvalue weighted by Crippen LogP contribution is -1.92. The number of rotatable bonds is 2. The number of hydrogen-bond donors (Lipinski definition) is 0. The van der Waals surface area contributed by atoms with Crippen molar-refractivity contribution in [2.75, 3.05) is 0 Å². The Balaban J connectivity index is 1.52. The molecule has 0 spiro atoms. The first-order chi connectivity index (χ1) is 28.6. The fourth-order valence-corrected chi connectivity index (χ4v) is 6.77. The lowest BCUT2D eigenvalue weighted by Gasteiger charge is -2.19. The van der Waals surface area contributed by atoms with Crippen LogP contribution in [0.5, 0.6) is 0 Å². The Kier molecular flexibility index (Phi) is 2.94. The zero-order valence-electron chi connectivity index (χ0n) is 38.3. The van der Waals surface area contributed by atoms with Gasteiger partial charge in [0.15, 0.2) is 0 Å². The Bertz CT molecular complexity index is 3550. The predicted molar refractivity (Wildman–Crippen MR) is 192 cm³/mol. The molecule has 208 valence electrons. The second-order valence-electron chi connectivity index (χ2n) is 10.9. The van der Waals surface area contributed by atoms with E-state index in [1.807, 2.05) is 60.7 Å². The Morgan fingerprint density at radius 2 is 0.867 bits per heavy atom. The summed E-state index contributed by atoms with van der Waals surface area (Å²) in [4.78, 5) is 0. The minimum atomic E-state index is -0.715. The van der Waals surface area contributed by atoms with E-state index in [1.54, 1.807) is 6.07 Å². The van der Waals surface area contributed by atoms with Crippen LogP contribution in [0.4, 0.5) is 0 Å². The molecule has 1 nitrogen and oxygen atoms in total. The molecule has 0 radical (unpaired) electrons. The maximum Gasteiger partial charge on any atom is 0.136 e. The standard InChI is InChI=1S/C44H26O/c1-2-14-30-28(12-1)29-13-3-4-15-31(29)39-26-27(24-25-32(30)39)42-33-16-5-7-18-35(33)43(36-19-8-6-17-34(36)42)38-21-11-23-41-44(38)37-20-9-10-22-40(37)45-41/h1-26H/i5D,6D,7D,8D,9D,10D,11D,16D,17D,18D,19D,20D,21D,22D,23D. The van der Waals surface area contributed by atoms with Gasteiger partial charge in [0.05, 0.1) is 20.6 Å². The summed E-state index contributed by atoms with van der Waals surface area (Å²) in [6.45, 7) is 0. The van der Waals surface area contributed by atoms with Gasteiger partial charge in [0.1, 0.15) is 11.2 Å². The zero-order chi connectivity index (χ0) is 42.5. The molecule has 0 saturated carbocycles. The summed E-state index contributed by atoms with van der Waals surface area (Å²) in [5.41, 5.74) is -1.04. The Labute approximate surface area is 280 Å². The van der Waals surface area contributed by atoms with Crippen LogP contribution in [0, 0.1) is 0 Å². The monoisotopic (exact) mass is 585 g/mol. The SMILES string of the molecule is [2H]c1c([2H])c([2H])c2c(oc3c([2H])c([2H])c([2H])c(-c4c5c([2H])c([2H])c([2H])c([2H])c5c(-c5ccc6c7ccccc7c7ccccc7c6c5)c5c([2H])c([2H])c([2H])c([2H])c45)c32)c1[2H]. The molecule has 1 heterocycles. The second kappa shape index (κ2) is 9.29. The highest BCUT2D eigenvalue weighted by Crippen LogP contribution is 2.47. The van der Waals surface area contributed by atoms with E-state index in [9.17, 15) is 6.85 Å². The third-order valence-corrected chi connectivity index (χ3v) is 8.61. The first kappa shape index (κ1) is 14.2. The predicted octanol–water partition coefficient (Wildman–Crippen LogP) is 12.7. The molecule has 0 atom stereocenters. The number of fused-ring (bicyclic) bond motifs is 11. The average Bonchev–Trinajstić information content (AvgIpc) is 3.66. The van der Waals surface area contributed by atoms with Crippen molar-refractivity contribution in [3.8, 4) is 22.3 Å². The van der Waals surface area contributed by atoms with Crippen molar-refractivity contribution < 1.29 is 25.0 Å². The van der Waals surface area contributed by atoms with E-state index >= 15 is 0 Å². The fourth-order valence-electron chi connectivity index (χ4n) is 6.77. The normalized spacial score (nSPS) is 16.7. The van der Waals surface area contributed by atoms with Gasteiger partial charge in [-0.05, 0) is 94.3 Å². The maximum atomic E-state index is 9.47. The van der Waals surface area contributed by atoms with Gasteiger partial charge in [-0.15, -0.1) is 0 Å². The molecule has 1 aromatic heterocycles. The first-order valence-electron chi connectivity index (χ1n) is 21.8. The van der Waals surface area contributed by atoms with Crippen LogP contribution >= 0.6 is 0 Å². The van der Waals surface area contributed by atoms with Gasteiger partial charge < -0.3 is 4.42 Å². The molecule has 0 saturated heterocycles. The van der Waals surface area contributed by atoms with Gasteiger partial charge in [-0.25, -0.2) is 0 Å². The van der Waals surface area contributed by atoms with E-state index in [-0.39, 0.29) is 54.6 Å². The third-order valence-electron chi connectivity index (χ3n) is 8.61. The van der Waals surface area contributed by atoms with Gasteiger partial charge in [0.25, 0.3) is 0 Å². The summed E-state index contributed by atoms with van der Waals surface area (Å²) in [6.07, 6.45) is 0. The lowest BCUT2D eigenvalue weighted by atomic mass is 9.84. The molecule has 10 rings (SSSR count). The molecule has 45 heavy (non-hydrogen) atoms. The topological polar surface area (TPSA) is 13.1 Å². The Morgan fingerprint density at radius 3 is 1.49 bits per heavy atom. The second-order valence-corrected chi connectivity index (χ2v) is 10.9. The molecule has 0 amide bonds. The van der Waals surface area contributed by atoms with Crippen LogP contribution < -0.4 is 0 Å². The lowest BCUT2D eigenvalue weighted by molar-refractivity contribution is 0.669. The first-order valence-corrected chi connectivity index (χ1v) is 14.3. The molecule has 10 aromatic rings. The minimum Gasteiger partial charge on any atom is -0.456 e. The van der Waals surface area contributed by atoms with Gasteiger partial charge in [-0.2, -0.15) is 0 Å². The van der Waals surface area contributed by atoms with Crippen LogP contribution in [0.15, 0.2) is 162 Å². The third kappa shape index (κ3) is 3.44. The summed E-state index contributed by atoms with van der Waals surface area (Å²) in [6, 6.07) is 11.6. The number of para-hydroxylation sites is 1. The van der Waals surface area contributed by atoms with Crippen molar-refractivity contribution >= 4 is 75.8 Å². The molecule has 0 aliphatic carbocycles. The van der Waals surface area contributed by atoms with Crippen molar-refractivity contribution in [3.05, 3.63) is 157 Å². The summed E-state index contributed by atoms with van der Waals surface area (Å²) in [5.74, 6) is 0. The van der Waals surface area contributed by atoms with E-state index in [4.69, 9.17) is 18.1 Å². The number of furan rings is 1. The largest absolute Gasteiger partial charge is 0.456 e. The molecular weight excluding hydrogens is 544 g/mol. The summed E-state index contributed by atoms with van der Waals surface area (Å²) in [5, 5.41) is 4.08. The van der Waals surface area contributed by atoms with Crippen LogP contribution in [-0.2, 0) is 0 Å². The van der Waals surface area contributed by atoms with E-state index in [1.165, 1.54) is 0 Å². The Morgan fingerprint density at radius 1 is 0.378 bits per heavy atom. The highest BCUT2D eigenvalue weighted by molar-refractivity contribution is 6.28. The molecule has 0 unspecified atom stereocenters. The molecule has 0 aliphatic rings. The van der Waals surface area contributed by atoms with Crippen molar-refractivity contribution in [3.63, 3.8) is 0 Å². The van der Waals surface area contributed by atoms with E-state index in [0.29, 0.717) is 5.56 Å². The smallest absolute Gasteiger partial charge is 0.136 e. The molecule has 0 fully saturated rings. The zero-order valence-corrected chi connectivity index (χ0v) is 23.3. The maximum absolute atomic E-state index is 9.47. The van der Waals surface area contributed by atoms with Crippen LogP contribution in [-0.4, -0.2) is 0 Å². The van der Waals surface area contributed by atoms with E-state index < -0.39 is 96.2 Å². The van der Waals surface area contributed by atoms with Gasteiger partial charge in [-0.3, -0.25) is 0 Å². The van der Waals surface area contributed by atoms with Crippen LogP contribution in [0.3, 0.4) is 0 Å². The number of hydrogen-bond acceptors (Lipinski definition) is 1. The van der Waals surface area contributed by atoms with Crippen molar-refractivity contribution in [1.29, 1.82) is 0 Å². The fraction of sp³-hybridized carbons (Fsp3) is 0. The van der Waals surface area contributed by atoms with Crippen LogP contribution in [0.2, 0.25) is 0 Å². The highest BCUT2D eigenvalue weighted by atomic mass is 16.3. The Hall–Kier alpha value is -5.92. The molecule has 0 aliphatic heterocycles. The molecule has 0 N–H and O–H groups in total. The van der Waals surface area contributed by atoms with Crippen LogP contribution in [0.25, 0.3) is 98.1 Å². The van der Waals surface area contributed by atoms with Gasteiger partial charge in [0.2, 0.25) is 0 Å². The van der Waals surface area contributed by atoms with Crippen molar-refractivity contribution in [2.24, 2.45) is 0 Å². The quantitative estimate of drug-likeness (QED) is 0.145. The van der Waals surface area contributed by atoms with E-state index in [2.05, 4.69) is 0 Å². The van der Waals surface area contributed by atoms with Gasteiger partial charge in [0, 0.05) is 10.8 Å². The van der Waals surface area contributed by atoms with Crippen molar-refractivity contribution in [2.45, 2.75) is 0 Å². The number of benzene rings is 9. The van der Waals surface area contributed by atoms with Gasteiger partial charge >= 0.3 is 0 Å². The molecule has 0 bridgehead atoms. The van der Waals surface area contributed by atoms with E-state index in [0.717, 1.165) is 32.3 Å². The highest BCUT2D eigenvalue weighted by Gasteiger charge is 2.20. The average molecular weight is 586 g/mol. The molecule has 1 heteroatoms. The summed E-state index contributed by atoms with van der Waals surface area (Å²) >= 11 is 0. The van der Waals surface area contributed by atoms with Crippen LogP contribution in [0.1, 0.15) is 20.6 Å². The van der Waals surface area contributed by atoms with Gasteiger partial charge in [-0.1, -0.05) is 139 Å². The van der Waals surface area contributed by atoms with Crippen molar-refractivity contribution in [1.82, 2.24) is 0 Å². The minimum absolute atomic E-state index is 0.0619. The summed E-state index contributed by atoms with van der Waals surface area (Å²) < 4.78 is 141. The molecule has 9 aromatic carbocycles. The molecular formula is C44H26O.